The molecule has 10 nitrogen and oxygen atoms in total. The molecule has 0 aromatic heterocycles. The minimum Gasteiger partial charge on any atom is -0.444 e. The molecular weight excluding hydrogens is 566 g/mol. The van der Waals surface area contributed by atoms with Crippen LogP contribution in [0.1, 0.15) is 11.1 Å². The molecule has 3 amide bonds. The largest absolute Gasteiger partial charge is 0.444 e. The van der Waals surface area contributed by atoms with Crippen LogP contribution in [0.3, 0.4) is 0 Å². The zero-order valence-electron chi connectivity index (χ0n) is 23.4. The van der Waals surface area contributed by atoms with Crippen LogP contribution in [-0.2, 0) is 21.1 Å². The molecule has 0 atom stereocenters. The van der Waals surface area contributed by atoms with Crippen molar-refractivity contribution < 1.29 is 22.7 Å². The first kappa shape index (κ1) is 30.5. The fraction of sp³-hybridized carbons (Fsp3) is 0.0938. The third-order valence-corrected chi connectivity index (χ3v) is 7.28. The van der Waals surface area contributed by atoms with Gasteiger partial charge in [-0.2, -0.15) is 4.99 Å². The lowest BCUT2D eigenvalue weighted by Crippen LogP contribution is -2.39. The Morgan fingerprint density at radius 1 is 0.930 bits per heavy atom. The summed E-state index contributed by atoms with van der Waals surface area (Å²) in [6, 6.07) is 29.4. The highest BCUT2D eigenvalue weighted by Crippen LogP contribution is 2.28. The fourth-order valence-corrected chi connectivity index (χ4v) is 5.02. The van der Waals surface area contributed by atoms with Gasteiger partial charge in [0.1, 0.15) is 12.4 Å². The maximum Gasteiger partial charge on any atom is 0.435 e. The van der Waals surface area contributed by atoms with E-state index in [0.717, 1.165) is 5.56 Å². The van der Waals surface area contributed by atoms with Gasteiger partial charge < -0.3 is 15.8 Å². The lowest BCUT2D eigenvalue weighted by atomic mass is 10.1. The number of amides is 3. The Morgan fingerprint density at radius 2 is 1.63 bits per heavy atom. The Morgan fingerprint density at radius 3 is 2.33 bits per heavy atom. The topological polar surface area (TPSA) is 143 Å². The highest BCUT2D eigenvalue weighted by molar-refractivity contribution is 7.90. The fourth-order valence-electron chi connectivity index (χ4n) is 4.11. The van der Waals surface area contributed by atoms with Gasteiger partial charge in [-0.05, 0) is 41.5 Å². The predicted octanol–water partition coefficient (Wildman–Crippen LogP) is 5.85. The van der Waals surface area contributed by atoms with Crippen LogP contribution in [0, 0.1) is 0 Å². The number of carbonyl (C=O) groups is 2. The first-order valence-electron chi connectivity index (χ1n) is 13.1. The molecule has 43 heavy (non-hydrogen) atoms. The summed E-state index contributed by atoms with van der Waals surface area (Å²) in [6.45, 7) is 3.71. The average Bonchev–Trinajstić information content (AvgIpc) is 3.00. The number of benzene rings is 4. The molecule has 4 N–H and O–H groups in total. The number of nitrogens with zero attached hydrogens (tertiary/aromatic N) is 2. The minimum absolute atomic E-state index is 0.0113. The van der Waals surface area contributed by atoms with Gasteiger partial charge in [0.05, 0.1) is 17.1 Å². The molecule has 4 rings (SSSR count). The van der Waals surface area contributed by atoms with E-state index in [1.807, 2.05) is 30.3 Å². The number of urea groups is 1. The molecule has 11 heteroatoms. The molecule has 0 spiro atoms. The van der Waals surface area contributed by atoms with E-state index >= 15 is 0 Å². The van der Waals surface area contributed by atoms with E-state index in [4.69, 9.17) is 10.5 Å². The molecule has 0 fully saturated rings. The molecule has 0 saturated heterocycles. The van der Waals surface area contributed by atoms with E-state index in [2.05, 4.69) is 22.3 Å². The molecule has 0 bridgehead atoms. The maximum absolute atomic E-state index is 13.5. The van der Waals surface area contributed by atoms with Crippen LogP contribution in [0.2, 0.25) is 0 Å². The van der Waals surface area contributed by atoms with Crippen LogP contribution in [0.25, 0.3) is 11.1 Å². The van der Waals surface area contributed by atoms with Gasteiger partial charge in [-0.1, -0.05) is 85.5 Å². The van der Waals surface area contributed by atoms with Gasteiger partial charge in [-0.25, -0.2) is 23.0 Å². The first-order chi connectivity index (χ1) is 20.6. The molecule has 4 aromatic carbocycles. The van der Waals surface area contributed by atoms with Gasteiger partial charge in [0, 0.05) is 23.1 Å². The number of aliphatic imine (C=N–C) groups is 1. The van der Waals surface area contributed by atoms with Gasteiger partial charge >= 0.3 is 12.1 Å². The SMILES string of the molecule is C=CCOC(=O)/N=C(\N)c1cccc(NN(Cc2ccccc2)C(=O)Nc2ccc(-c3ccccc3S(C)(=O)=O)cc2)c1. The minimum atomic E-state index is -3.43. The molecule has 220 valence electrons. The van der Waals surface area contributed by atoms with Crippen molar-refractivity contribution in [3.8, 4) is 11.1 Å². The smallest absolute Gasteiger partial charge is 0.435 e. The number of carbonyl (C=O) groups excluding carboxylic acids is 2. The third kappa shape index (κ3) is 8.54. The van der Waals surface area contributed by atoms with E-state index in [1.165, 1.54) is 17.3 Å². The summed E-state index contributed by atoms with van der Waals surface area (Å²) in [5.74, 6) is -0.0469. The Balaban J connectivity index is 1.55. The van der Waals surface area contributed by atoms with Crippen molar-refractivity contribution in [1.29, 1.82) is 0 Å². The second kappa shape index (κ2) is 14.0. The molecule has 0 aliphatic rings. The number of hydrazine groups is 1. The number of nitrogens with two attached hydrogens (primary N) is 1. The van der Waals surface area contributed by atoms with E-state index in [1.54, 1.807) is 72.8 Å². The maximum atomic E-state index is 13.5. The number of ether oxygens (including phenoxy) is 1. The number of anilines is 2. The third-order valence-electron chi connectivity index (χ3n) is 6.12. The van der Waals surface area contributed by atoms with E-state index in [0.29, 0.717) is 28.1 Å². The van der Waals surface area contributed by atoms with Crippen LogP contribution in [0.15, 0.2) is 126 Å². The second-order valence-electron chi connectivity index (χ2n) is 9.40. The number of amidine groups is 1. The van der Waals surface area contributed by atoms with Crippen molar-refractivity contribution in [1.82, 2.24) is 5.01 Å². The number of rotatable bonds is 10. The Labute approximate surface area is 250 Å². The standard InChI is InChI=1S/C32H31N5O5S/c1-3-20-42-32(39)35-30(33)25-12-9-13-27(21-25)36-37(22-23-10-5-4-6-11-23)31(38)34-26-18-16-24(17-19-26)28-14-7-8-15-29(28)43(2,40)41/h3-19,21,36H,1,20,22H2,2H3,(H,34,38)(H2,33,35,39). The summed E-state index contributed by atoms with van der Waals surface area (Å²) < 4.78 is 29.4. The number of hydrogen-bond acceptors (Lipinski definition) is 6. The quantitative estimate of drug-likeness (QED) is 0.0901. The van der Waals surface area contributed by atoms with Gasteiger partial charge in [0.2, 0.25) is 0 Å². The van der Waals surface area contributed by atoms with Gasteiger partial charge in [-0.15, -0.1) is 0 Å². The van der Waals surface area contributed by atoms with Crippen molar-refractivity contribution in [2.45, 2.75) is 11.4 Å². The molecule has 0 saturated carbocycles. The summed E-state index contributed by atoms with van der Waals surface area (Å²) >= 11 is 0. The predicted molar refractivity (Wildman–Crippen MR) is 168 cm³/mol. The summed E-state index contributed by atoms with van der Waals surface area (Å²) in [5.41, 5.74) is 12.7. The van der Waals surface area contributed by atoms with Crippen LogP contribution >= 0.6 is 0 Å². The number of sulfone groups is 1. The Bertz CT molecular complexity index is 1740. The molecule has 4 aromatic rings. The van der Waals surface area contributed by atoms with Gasteiger partial charge in [0.15, 0.2) is 9.84 Å². The van der Waals surface area contributed by atoms with Crippen molar-refractivity contribution >= 4 is 39.2 Å². The molecular formula is C32H31N5O5S. The lowest BCUT2D eigenvalue weighted by Gasteiger charge is -2.25. The summed E-state index contributed by atoms with van der Waals surface area (Å²) in [7, 11) is -3.43. The summed E-state index contributed by atoms with van der Waals surface area (Å²) in [5, 5.41) is 4.27. The molecule has 0 heterocycles. The molecule has 0 unspecified atom stereocenters. The summed E-state index contributed by atoms with van der Waals surface area (Å²) in [6.07, 6.45) is 1.75. The number of hydrogen-bond donors (Lipinski definition) is 3. The summed E-state index contributed by atoms with van der Waals surface area (Å²) in [4.78, 5) is 29.3. The zero-order chi connectivity index (χ0) is 30.8. The van der Waals surface area contributed by atoms with E-state index in [9.17, 15) is 18.0 Å². The molecule has 0 aliphatic heterocycles. The van der Waals surface area contributed by atoms with Crippen molar-refractivity contribution in [2.24, 2.45) is 10.7 Å². The highest BCUT2D eigenvalue weighted by atomic mass is 32.2. The van der Waals surface area contributed by atoms with Crippen LogP contribution in [0.4, 0.5) is 21.0 Å². The first-order valence-corrected chi connectivity index (χ1v) is 15.0. The average molecular weight is 598 g/mol. The van der Waals surface area contributed by atoms with Crippen LogP contribution < -0.4 is 16.5 Å². The van der Waals surface area contributed by atoms with E-state index in [-0.39, 0.29) is 23.9 Å². The normalized spacial score (nSPS) is 11.3. The highest BCUT2D eigenvalue weighted by Gasteiger charge is 2.17. The van der Waals surface area contributed by atoms with Crippen molar-refractivity contribution in [3.05, 3.63) is 127 Å². The Kier molecular flexibility index (Phi) is 9.92. The van der Waals surface area contributed by atoms with Crippen molar-refractivity contribution in [2.75, 3.05) is 23.6 Å². The van der Waals surface area contributed by atoms with Crippen LogP contribution in [-0.4, -0.2) is 44.2 Å². The van der Waals surface area contributed by atoms with Crippen LogP contribution in [0.5, 0.6) is 0 Å². The lowest BCUT2D eigenvalue weighted by molar-refractivity contribution is 0.170. The molecule has 0 radical (unpaired) electrons. The molecule has 0 aliphatic carbocycles. The number of nitrogens with one attached hydrogen (secondary N) is 2. The van der Waals surface area contributed by atoms with Crippen molar-refractivity contribution in [3.63, 3.8) is 0 Å². The zero-order valence-corrected chi connectivity index (χ0v) is 24.3. The monoisotopic (exact) mass is 597 g/mol. The van der Waals surface area contributed by atoms with Gasteiger partial charge in [0.25, 0.3) is 0 Å². The van der Waals surface area contributed by atoms with E-state index < -0.39 is 22.0 Å². The van der Waals surface area contributed by atoms with Gasteiger partial charge in [-0.3, -0.25) is 5.43 Å². The Hall–Kier alpha value is -5.42. The second-order valence-corrected chi connectivity index (χ2v) is 11.4.